The van der Waals surface area contributed by atoms with Crippen LogP contribution in [-0.2, 0) is 9.84 Å². The van der Waals surface area contributed by atoms with Gasteiger partial charge < -0.3 is 10.6 Å². The number of guanidine groups is 1. The van der Waals surface area contributed by atoms with Gasteiger partial charge in [0, 0.05) is 30.0 Å². The van der Waals surface area contributed by atoms with Crippen LogP contribution in [0.4, 0.5) is 11.4 Å². The number of nitrogens with one attached hydrogen (secondary N) is 3. The number of hydrogen-bond donors (Lipinski definition) is 3. The Morgan fingerprint density at radius 3 is 2.59 bits per heavy atom. The molecule has 7 nitrogen and oxygen atoms in total. The van der Waals surface area contributed by atoms with E-state index in [1.54, 1.807) is 24.3 Å². The highest BCUT2D eigenvalue weighted by atomic mass is 32.2. The zero-order valence-corrected chi connectivity index (χ0v) is 23.5. The summed E-state index contributed by atoms with van der Waals surface area (Å²) < 4.78 is 26.1. The van der Waals surface area contributed by atoms with Crippen LogP contribution in [0.15, 0.2) is 52.4 Å². The summed E-state index contributed by atoms with van der Waals surface area (Å²) in [6.45, 7) is 9.99. The lowest BCUT2D eigenvalue weighted by Crippen LogP contribution is -2.43. The molecule has 1 aliphatic heterocycles. The van der Waals surface area contributed by atoms with Gasteiger partial charge >= 0.3 is 0 Å². The topological polar surface area (TPSA) is 99.7 Å². The third kappa shape index (κ3) is 8.32. The van der Waals surface area contributed by atoms with E-state index < -0.39 is 9.84 Å². The van der Waals surface area contributed by atoms with Crippen molar-refractivity contribution >= 4 is 33.1 Å². The fourth-order valence-corrected chi connectivity index (χ4v) is 6.03. The molecule has 1 amide bonds. The van der Waals surface area contributed by atoms with E-state index in [1.807, 2.05) is 18.2 Å². The number of sulfone groups is 1. The first-order valence-electron chi connectivity index (χ1n) is 13.6. The van der Waals surface area contributed by atoms with Gasteiger partial charge in [0.05, 0.1) is 10.6 Å². The maximum Gasteiger partial charge on any atom is 0.257 e. The number of aliphatic imine (C=N–C) groups is 1. The second kappa shape index (κ2) is 13.6. The molecule has 2 aromatic rings. The summed E-state index contributed by atoms with van der Waals surface area (Å²) in [5.74, 6) is 1.22. The van der Waals surface area contributed by atoms with E-state index >= 15 is 0 Å². The molecule has 0 spiro atoms. The number of carbonyl (C=O) groups excluding carboxylic acids is 1. The van der Waals surface area contributed by atoms with E-state index in [-0.39, 0.29) is 17.6 Å². The molecule has 1 heterocycles. The van der Waals surface area contributed by atoms with E-state index in [4.69, 9.17) is 0 Å². The summed E-state index contributed by atoms with van der Waals surface area (Å²) in [6.07, 6.45) is 5.97. The van der Waals surface area contributed by atoms with E-state index in [2.05, 4.69) is 48.6 Å². The van der Waals surface area contributed by atoms with Crippen molar-refractivity contribution in [3.63, 3.8) is 0 Å². The van der Waals surface area contributed by atoms with Gasteiger partial charge in [0.1, 0.15) is 0 Å². The van der Waals surface area contributed by atoms with E-state index in [9.17, 15) is 13.2 Å². The molecule has 0 saturated carbocycles. The van der Waals surface area contributed by atoms with Crippen LogP contribution < -0.4 is 16.0 Å². The van der Waals surface area contributed by atoms with E-state index in [0.717, 1.165) is 49.9 Å². The van der Waals surface area contributed by atoms with Crippen LogP contribution in [0.5, 0.6) is 0 Å². The lowest BCUT2D eigenvalue weighted by atomic mass is 9.96. The Hall–Kier alpha value is -2.87. The van der Waals surface area contributed by atoms with Crippen molar-refractivity contribution in [1.82, 2.24) is 10.6 Å². The molecule has 1 unspecified atom stereocenters. The third-order valence-electron chi connectivity index (χ3n) is 6.84. The maximum atomic E-state index is 13.0. The number of anilines is 2. The summed E-state index contributed by atoms with van der Waals surface area (Å²) in [6, 6.07) is 12.5. The van der Waals surface area contributed by atoms with Crippen LogP contribution in [0.2, 0.25) is 0 Å². The molecule has 3 rings (SSSR count). The van der Waals surface area contributed by atoms with E-state index in [0.29, 0.717) is 41.0 Å². The van der Waals surface area contributed by atoms with Crippen molar-refractivity contribution in [2.45, 2.75) is 77.0 Å². The van der Waals surface area contributed by atoms with Gasteiger partial charge in [-0.1, -0.05) is 53.0 Å². The van der Waals surface area contributed by atoms with Crippen molar-refractivity contribution in [3.8, 4) is 0 Å². The Morgan fingerprint density at radius 1 is 1.11 bits per heavy atom. The fraction of sp³-hybridized carbons (Fsp3) is 0.517. The Morgan fingerprint density at radius 2 is 1.92 bits per heavy atom. The first kappa shape index (κ1) is 28.7. The molecule has 37 heavy (non-hydrogen) atoms. The van der Waals surface area contributed by atoms with Crippen LogP contribution >= 0.6 is 0 Å². The summed E-state index contributed by atoms with van der Waals surface area (Å²) in [5.41, 5.74) is 3.08. The zero-order valence-electron chi connectivity index (χ0n) is 22.6. The average molecular weight is 527 g/mol. The monoisotopic (exact) mass is 526 g/mol. The minimum Gasteiger partial charge on any atom is -0.356 e. The Kier molecular flexibility index (Phi) is 10.6. The molecular formula is C29H42N4O3S. The first-order valence-corrected chi connectivity index (χ1v) is 15.2. The molecular weight excluding hydrogens is 484 g/mol. The molecule has 3 N–H and O–H groups in total. The van der Waals surface area contributed by atoms with E-state index in [1.165, 1.54) is 0 Å². The highest BCUT2D eigenvalue weighted by molar-refractivity contribution is 7.91. The van der Waals surface area contributed by atoms with Gasteiger partial charge in [0.15, 0.2) is 15.8 Å². The first-order chi connectivity index (χ1) is 17.7. The minimum absolute atomic E-state index is 0.155. The molecule has 0 saturated heterocycles. The lowest BCUT2D eigenvalue weighted by molar-refractivity contribution is 0.0975. The second-order valence-corrected chi connectivity index (χ2v) is 12.2. The molecule has 0 radical (unpaired) electrons. The van der Waals surface area contributed by atoms with Crippen LogP contribution in [0.25, 0.3) is 0 Å². The lowest BCUT2D eigenvalue weighted by Gasteiger charge is -2.18. The number of amides is 1. The summed E-state index contributed by atoms with van der Waals surface area (Å²) in [5, 5.41) is 9.33. The van der Waals surface area contributed by atoms with Crippen molar-refractivity contribution < 1.29 is 13.2 Å². The largest absolute Gasteiger partial charge is 0.356 e. The van der Waals surface area contributed by atoms with Gasteiger partial charge in [-0.25, -0.2) is 8.42 Å². The van der Waals surface area contributed by atoms with Gasteiger partial charge in [-0.05, 0) is 73.1 Å². The molecule has 0 fully saturated rings. The SMILES string of the molecule is CCCC(CC)CCCS(=O)(=O)c1cccc(Nc2ccc(C(=O)NC3=NCCCN3)cc2C(C)C)c1. The summed E-state index contributed by atoms with van der Waals surface area (Å²) >= 11 is 0. The summed E-state index contributed by atoms with van der Waals surface area (Å²) in [4.78, 5) is 17.4. The number of rotatable bonds is 12. The fourth-order valence-electron chi connectivity index (χ4n) is 4.66. The molecule has 0 aliphatic carbocycles. The van der Waals surface area contributed by atoms with Crippen LogP contribution in [-0.4, -0.2) is 39.1 Å². The number of carbonyl (C=O) groups is 1. The standard InChI is InChI=1S/C29H42N4O3S/c1-5-10-22(6-2)11-8-18-37(35,36)25-13-7-12-24(20-25)32-27-15-14-23(19-26(27)21(3)4)28(34)33-29-30-16-9-17-31-29/h7,12-15,19-22,32H,5-6,8-11,16-18H2,1-4H3,(H2,30,31,33,34). The highest BCUT2D eigenvalue weighted by Gasteiger charge is 2.18. The molecule has 202 valence electrons. The van der Waals surface area contributed by atoms with Gasteiger partial charge in [-0.3, -0.25) is 15.1 Å². The molecule has 0 aromatic heterocycles. The molecule has 2 aromatic carbocycles. The second-order valence-electron chi connectivity index (χ2n) is 10.1. The van der Waals surface area contributed by atoms with Crippen molar-refractivity contribution in [2.24, 2.45) is 10.9 Å². The van der Waals surface area contributed by atoms with Crippen molar-refractivity contribution in [3.05, 3.63) is 53.6 Å². The molecule has 1 aliphatic rings. The minimum atomic E-state index is -3.36. The number of nitrogens with zero attached hydrogens (tertiary/aromatic N) is 1. The molecule has 0 bridgehead atoms. The Balaban J connectivity index is 1.72. The number of hydrogen-bond acceptors (Lipinski definition) is 6. The predicted octanol–water partition coefficient (Wildman–Crippen LogP) is 6.01. The van der Waals surface area contributed by atoms with Crippen LogP contribution in [0, 0.1) is 5.92 Å². The van der Waals surface area contributed by atoms with Gasteiger partial charge in [-0.2, -0.15) is 0 Å². The number of benzene rings is 2. The highest BCUT2D eigenvalue weighted by Crippen LogP contribution is 2.30. The van der Waals surface area contributed by atoms with Crippen molar-refractivity contribution in [1.29, 1.82) is 0 Å². The summed E-state index contributed by atoms with van der Waals surface area (Å²) in [7, 11) is -3.36. The molecule has 8 heteroatoms. The third-order valence-corrected chi connectivity index (χ3v) is 8.64. The maximum absolute atomic E-state index is 13.0. The van der Waals surface area contributed by atoms with Crippen molar-refractivity contribution in [2.75, 3.05) is 24.2 Å². The van der Waals surface area contributed by atoms with Crippen LogP contribution in [0.1, 0.15) is 88.1 Å². The smallest absolute Gasteiger partial charge is 0.257 e. The van der Waals surface area contributed by atoms with Gasteiger partial charge in [-0.15, -0.1) is 0 Å². The van der Waals surface area contributed by atoms with Gasteiger partial charge in [0.2, 0.25) is 0 Å². The molecule has 1 atom stereocenters. The average Bonchev–Trinajstić information content (AvgIpc) is 2.89. The predicted molar refractivity (Wildman–Crippen MR) is 153 cm³/mol. The Labute approximate surface area is 222 Å². The van der Waals surface area contributed by atoms with Crippen LogP contribution in [0.3, 0.4) is 0 Å². The zero-order chi connectivity index (χ0) is 26.8. The Bertz CT molecular complexity index is 1190. The van der Waals surface area contributed by atoms with Gasteiger partial charge in [0.25, 0.3) is 5.91 Å². The quantitative estimate of drug-likeness (QED) is 0.314. The normalized spacial score (nSPS) is 14.6.